The summed E-state index contributed by atoms with van der Waals surface area (Å²) in [4.78, 5) is 11.7. The molecule has 0 aliphatic rings. The summed E-state index contributed by atoms with van der Waals surface area (Å²) in [6.45, 7) is 0.0556. The van der Waals surface area contributed by atoms with E-state index in [1.165, 1.54) is 11.3 Å². The molecule has 12 heavy (non-hydrogen) atoms. The zero-order valence-electron chi connectivity index (χ0n) is 6.41. The quantitative estimate of drug-likeness (QED) is 0.548. The van der Waals surface area contributed by atoms with Crippen molar-refractivity contribution in [3.63, 3.8) is 0 Å². The van der Waals surface area contributed by atoms with Crippen LogP contribution >= 0.6 is 11.3 Å². The Kier molecular flexibility index (Phi) is 3.52. The predicted molar refractivity (Wildman–Crippen MR) is 47.8 cm³/mol. The average Bonchev–Trinajstić information content (AvgIpc) is 2.53. The van der Waals surface area contributed by atoms with E-state index in [1.54, 1.807) is 0 Å². The largest absolute Gasteiger partial charge is 0.391 e. The lowest BCUT2D eigenvalue weighted by molar-refractivity contribution is -0.107. The Morgan fingerprint density at radius 3 is 3.00 bits per heavy atom. The standard InChI is InChI=1S/C9H8O2S/c10-6-2-1-3-8-4-5-9(7-11)12-8/h4-6,11H,2,7H2. The summed E-state index contributed by atoms with van der Waals surface area (Å²) in [5, 5.41) is 8.73. The molecule has 1 N–H and O–H groups in total. The minimum atomic E-state index is 0.0556. The third-order valence-corrected chi connectivity index (χ3v) is 2.20. The highest BCUT2D eigenvalue weighted by atomic mass is 32.1. The molecule has 0 aliphatic heterocycles. The summed E-state index contributed by atoms with van der Waals surface area (Å²) in [5.74, 6) is 5.53. The Balaban J connectivity index is 2.65. The molecule has 0 amide bonds. The molecule has 1 heterocycles. The smallest absolute Gasteiger partial charge is 0.131 e. The molecular formula is C9H8O2S. The topological polar surface area (TPSA) is 37.3 Å². The zero-order valence-corrected chi connectivity index (χ0v) is 7.23. The molecule has 0 atom stereocenters. The molecule has 0 aliphatic carbocycles. The molecule has 2 nitrogen and oxygen atoms in total. The second-order valence-corrected chi connectivity index (χ2v) is 3.26. The van der Waals surface area contributed by atoms with E-state index in [1.807, 2.05) is 12.1 Å². The van der Waals surface area contributed by atoms with Gasteiger partial charge in [0.25, 0.3) is 0 Å². The number of carbonyl (C=O) groups is 1. The van der Waals surface area contributed by atoms with Crippen molar-refractivity contribution in [1.82, 2.24) is 0 Å². The van der Waals surface area contributed by atoms with Crippen LogP contribution in [0.25, 0.3) is 0 Å². The van der Waals surface area contributed by atoms with Crippen LogP contribution in [0.5, 0.6) is 0 Å². The van der Waals surface area contributed by atoms with E-state index in [4.69, 9.17) is 5.11 Å². The Bertz CT molecular complexity index is 317. The number of thiophene rings is 1. The highest BCUT2D eigenvalue weighted by molar-refractivity contribution is 7.12. The molecule has 0 saturated heterocycles. The first kappa shape index (κ1) is 8.98. The Morgan fingerprint density at radius 2 is 2.42 bits per heavy atom. The summed E-state index contributed by atoms with van der Waals surface area (Å²) in [7, 11) is 0. The van der Waals surface area contributed by atoms with E-state index in [0.29, 0.717) is 0 Å². The first-order valence-electron chi connectivity index (χ1n) is 3.49. The normalized spacial score (nSPS) is 8.75. The van der Waals surface area contributed by atoms with Gasteiger partial charge in [-0.05, 0) is 12.1 Å². The van der Waals surface area contributed by atoms with E-state index in [0.717, 1.165) is 16.0 Å². The average molecular weight is 180 g/mol. The van der Waals surface area contributed by atoms with Crippen molar-refractivity contribution in [2.75, 3.05) is 0 Å². The van der Waals surface area contributed by atoms with Gasteiger partial charge in [0.1, 0.15) is 6.29 Å². The van der Waals surface area contributed by atoms with Crippen LogP contribution in [-0.4, -0.2) is 11.4 Å². The van der Waals surface area contributed by atoms with Crippen LogP contribution in [0.1, 0.15) is 16.2 Å². The molecule has 0 radical (unpaired) electrons. The van der Waals surface area contributed by atoms with Gasteiger partial charge in [-0.1, -0.05) is 11.8 Å². The summed E-state index contributed by atoms with van der Waals surface area (Å²) in [6, 6.07) is 3.67. The molecule has 1 aromatic rings. The zero-order chi connectivity index (χ0) is 8.81. The van der Waals surface area contributed by atoms with Gasteiger partial charge in [-0.3, -0.25) is 0 Å². The van der Waals surface area contributed by atoms with Crippen LogP contribution in [0, 0.1) is 11.8 Å². The van der Waals surface area contributed by atoms with E-state index in [9.17, 15) is 4.79 Å². The van der Waals surface area contributed by atoms with Crippen molar-refractivity contribution >= 4 is 17.6 Å². The fraction of sp³-hybridized carbons (Fsp3) is 0.222. The maximum absolute atomic E-state index is 9.92. The monoisotopic (exact) mass is 180 g/mol. The van der Waals surface area contributed by atoms with E-state index >= 15 is 0 Å². The molecule has 0 saturated carbocycles. The third-order valence-electron chi connectivity index (χ3n) is 1.21. The van der Waals surface area contributed by atoms with Crippen molar-refractivity contribution in [1.29, 1.82) is 0 Å². The molecule has 0 unspecified atom stereocenters. The highest BCUT2D eigenvalue weighted by Gasteiger charge is 1.93. The summed E-state index contributed by atoms with van der Waals surface area (Å²) >= 11 is 1.44. The number of carbonyl (C=O) groups excluding carboxylic acids is 1. The predicted octanol–water partition coefficient (Wildman–Crippen LogP) is 1.18. The molecule has 0 spiro atoms. The van der Waals surface area contributed by atoms with Crippen LogP contribution in [0.15, 0.2) is 12.1 Å². The van der Waals surface area contributed by atoms with Crippen LogP contribution in [0.3, 0.4) is 0 Å². The molecule has 0 aromatic carbocycles. The first-order valence-corrected chi connectivity index (χ1v) is 4.30. The third kappa shape index (κ3) is 2.50. The minimum Gasteiger partial charge on any atom is -0.391 e. The Morgan fingerprint density at radius 1 is 1.58 bits per heavy atom. The van der Waals surface area contributed by atoms with Gasteiger partial charge in [0.15, 0.2) is 0 Å². The molecule has 3 heteroatoms. The molecule has 1 rings (SSSR count). The first-order chi connectivity index (χ1) is 5.86. The van der Waals surface area contributed by atoms with Crippen molar-refractivity contribution in [2.24, 2.45) is 0 Å². The maximum Gasteiger partial charge on any atom is 0.131 e. The summed E-state index contributed by atoms with van der Waals surface area (Å²) in [6.07, 6.45) is 1.04. The van der Waals surface area contributed by atoms with E-state index < -0.39 is 0 Å². The highest BCUT2D eigenvalue weighted by Crippen LogP contribution is 2.14. The van der Waals surface area contributed by atoms with Crippen LogP contribution in [0.4, 0.5) is 0 Å². The fourth-order valence-electron chi connectivity index (χ4n) is 0.710. The van der Waals surface area contributed by atoms with Gasteiger partial charge in [-0.2, -0.15) is 0 Å². The van der Waals surface area contributed by atoms with Gasteiger partial charge in [-0.15, -0.1) is 11.3 Å². The minimum absolute atomic E-state index is 0.0556. The maximum atomic E-state index is 9.92. The van der Waals surface area contributed by atoms with Gasteiger partial charge >= 0.3 is 0 Å². The Hall–Kier alpha value is -1.11. The molecule has 0 bridgehead atoms. The fourth-order valence-corrected chi connectivity index (χ4v) is 1.45. The summed E-state index contributed by atoms with van der Waals surface area (Å²) < 4.78 is 0. The van der Waals surface area contributed by atoms with Gasteiger partial charge in [0.05, 0.1) is 17.9 Å². The van der Waals surface area contributed by atoms with Crippen molar-refractivity contribution in [2.45, 2.75) is 13.0 Å². The number of hydrogen-bond acceptors (Lipinski definition) is 3. The van der Waals surface area contributed by atoms with Gasteiger partial charge < -0.3 is 9.90 Å². The second-order valence-electron chi connectivity index (χ2n) is 2.10. The van der Waals surface area contributed by atoms with Gasteiger partial charge in [0.2, 0.25) is 0 Å². The van der Waals surface area contributed by atoms with Crippen LogP contribution in [0.2, 0.25) is 0 Å². The lowest BCUT2D eigenvalue weighted by Crippen LogP contribution is -1.70. The van der Waals surface area contributed by atoms with Gasteiger partial charge in [0, 0.05) is 4.88 Å². The van der Waals surface area contributed by atoms with Crippen molar-refractivity contribution in [3.8, 4) is 11.8 Å². The molecule has 62 valence electrons. The molecule has 0 fully saturated rings. The van der Waals surface area contributed by atoms with Crippen molar-refractivity contribution < 1.29 is 9.90 Å². The van der Waals surface area contributed by atoms with E-state index in [2.05, 4.69) is 11.8 Å². The molecule has 1 aromatic heterocycles. The van der Waals surface area contributed by atoms with Crippen molar-refractivity contribution in [3.05, 3.63) is 21.9 Å². The number of aldehydes is 1. The number of rotatable bonds is 2. The Labute approximate surface area is 74.9 Å². The molecular weight excluding hydrogens is 172 g/mol. The number of aliphatic hydroxyl groups is 1. The second kappa shape index (κ2) is 4.70. The number of aliphatic hydroxyl groups excluding tert-OH is 1. The van der Waals surface area contributed by atoms with Gasteiger partial charge in [-0.25, -0.2) is 0 Å². The van der Waals surface area contributed by atoms with Crippen LogP contribution in [-0.2, 0) is 11.4 Å². The van der Waals surface area contributed by atoms with E-state index in [-0.39, 0.29) is 13.0 Å². The number of hydrogen-bond donors (Lipinski definition) is 1. The SMILES string of the molecule is O=CCC#Cc1ccc(CO)s1. The summed E-state index contributed by atoms with van der Waals surface area (Å²) in [5.41, 5.74) is 0. The van der Waals surface area contributed by atoms with Crippen LogP contribution < -0.4 is 0 Å². The lowest BCUT2D eigenvalue weighted by atomic mass is 10.4. The lowest BCUT2D eigenvalue weighted by Gasteiger charge is -1.80.